The average molecular weight is 344 g/mol. The summed E-state index contributed by atoms with van der Waals surface area (Å²) in [7, 11) is 0. The molecule has 2 heterocycles. The third kappa shape index (κ3) is 3.52. The number of benzene rings is 1. The fourth-order valence-corrected chi connectivity index (χ4v) is 3.33. The van der Waals surface area contributed by atoms with Crippen molar-refractivity contribution in [2.45, 2.75) is 45.6 Å². The van der Waals surface area contributed by atoms with Crippen LogP contribution in [0.4, 0.5) is 5.69 Å². The molecule has 1 aromatic rings. The predicted molar refractivity (Wildman–Crippen MR) is 93.9 cm³/mol. The summed E-state index contributed by atoms with van der Waals surface area (Å²) in [5.41, 5.74) is 1.04. The zero-order chi connectivity index (χ0) is 18.0. The van der Waals surface area contributed by atoms with Crippen molar-refractivity contribution in [1.82, 2.24) is 4.90 Å². The van der Waals surface area contributed by atoms with Crippen molar-refractivity contribution in [3.05, 3.63) is 23.8 Å². The van der Waals surface area contributed by atoms with Crippen LogP contribution in [0.3, 0.4) is 0 Å². The smallest absolute Gasteiger partial charge is 0.268 e. The number of rotatable bonds is 4. The van der Waals surface area contributed by atoms with Gasteiger partial charge < -0.3 is 9.64 Å². The summed E-state index contributed by atoms with van der Waals surface area (Å²) in [6, 6.07) is 5.08. The number of hydrogen-bond acceptors (Lipinski definition) is 4. The van der Waals surface area contributed by atoms with Gasteiger partial charge in [-0.3, -0.25) is 19.3 Å². The Morgan fingerprint density at radius 3 is 2.60 bits per heavy atom. The first-order valence-corrected chi connectivity index (χ1v) is 8.94. The van der Waals surface area contributed by atoms with E-state index in [1.165, 1.54) is 4.90 Å². The topological polar surface area (TPSA) is 66.9 Å². The average Bonchev–Trinajstić information content (AvgIpc) is 2.65. The molecule has 0 aromatic heterocycles. The van der Waals surface area contributed by atoms with Crippen LogP contribution in [0.25, 0.3) is 0 Å². The first kappa shape index (κ1) is 17.5. The lowest BCUT2D eigenvalue weighted by Crippen LogP contribution is -2.50. The van der Waals surface area contributed by atoms with E-state index in [2.05, 4.69) is 0 Å². The summed E-state index contributed by atoms with van der Waals surface area (Å²) in [4.78, 5) is 40.5. The molecule has 1 saturated heterocycles. The minimum absolute atomic E-state index is 0.00354. The van der Waals surface area contributed by atoms with Gasteiger partial charge in [0.25, 0.3) is 5.91 Å². The Labute approximate surface area is 147 Å². The van der Waals surface area contributed by atoms with Gasteiger partial charge in [-0.25, -0.2) is 0 Å². The Morgan fingerprint density at radius 2 is 1.92 bits per heavy atom. The number of nitrogens with zero attached hydrogens (tertiary/aromatic N) is 2. The van der Waals surface area contributed by atoms with Gasteiger partial charge >= 0.3 is 0 Å². The fourth-order valence-electron chi connectivity index (χ4n) is 3.33. The summed E-state index contributed by atoms with van der Waals surface area (Å²) in [5.74, 6) is 0.224. The Kier molecular flexibility index (Phi) is 5.06. The first-order valence-electron chi connectivity index (χ1n) is 8.94. The van der Waals surface area contributed by atoms with Gasteiger partial charge in [-0.15, -0.1) is 0 Å². The molecule has 0 saturated carbocycles. The van der Waals surface area contributed by atoms with Crippen molar-refractivity contribution >= 4 is 23.3 Å². The first-order chi connectivity index (χ1) is 12.0. The molecule has 6 heteroatoms. The molecule has 0 spiro atoms. The normalized spacial score (nSPS) is 20.1. The molecule has 25 heavy (non-hydrogen) atoms. The molecule has 1 unspecified atom stereocenters. The summed E-state index contributed by atoms with van der Waals surface area (Å²) < 4.78 is 5.64. The summed E-state index contributed by atoms with van der Waals surface area (Å²) in [6.07, 6.45) is 2.89. The number of piperidine rings is 1. The van der Waals surface area contributed by atoms with Gasteiger partial charge in [0.1, 0.15) is 12.3 Å². The largest absolute Gasteiger partial charge is 0.479 e. The molecule has 1 aromatic carbocycles. The highest BCUT2D eigenvalue weighted by molar-refractivity contribution is 6.05. The number of Topliss-reactive ketones (excluding diaryl/α,β-unsaturated/α-hetero) is 1. The lowest BCUT2D eigenvalue weighted by molar-refractivity contribution is -0.133. The molecule has 2 amide bonds. The molecule has 2 aliphatic heterocycles. The van der Waals surface area contributed by atoms with Gasteiger partial charge in [0.15, 0.2) is 11.9 Å². The number of carbonyl (C=O) groups is 3. The monoisotopic (exact) mass is 344 g/mol. The van der Waals surface area contributed by atoms with E-state index in [0.29, 0.717) is 23.4 Å². The summed E-state index contributed by atoms with van der Waals surface area (Å²) in [5, 5.41) is 0. The van der Waals surface area contributed by atoms with E-state index in [1.54, 1.807) is 32.0 Å². The van der Waals surface area contributed by atoms with Crippen LogP contribution in [0.1, 0.15) is 49.9 Å². The Bertz CT molecular complexity index is 695. The molecule has 1 fully saturated rings. The molecule has 2 aliphatic rings. The predicted octanol–water partition coefficient (Wildman–Crippen LogP) is 2.41. The van der Waals surface area contributed by atoms with E-state index >= 15 is 0 Å². The van der Waals surface area contributed by atoms with Gasteiger partial charge in [-0.2, -0.15) is 0 Å². The molecule has 134 valence electrons. The van der Waals surface area contributed by atoms with Crippen LogP contribution in [-0.2, 0) is 9.59 Å². The van der Waals surface area contributed by atoms with Crippen LogP contribution in [0, 0.1) is 0 Å². The number of likely N-dealkylation sites (tertiary alicyclic amines) is 1. The van der Waals surface area contributed by atoms with Gasteiger partial charge in [-0.1, -0.05) is 6.92 Å². The standard InChI is InChI=1S/C19H24N2O4/c1-3-16(22)14-7-8-17-15(11-14)21(19(24)13(2)25-17)12-18(23)20-9-5-4-6-10-20/h7-8,11,13H,3-6,9-10,12H2,1-2H3. The van der Waals surface area contributed by atoms with Gasteiger partial charge in [0.05, 0.1) is 5.69 Å². The fraction of sp³-hybridized carbons (Fsp3) is 0.526. The zero-order valence-corrected chi connectivity index (χ0v) is 14.8. The Balaban J connectivity index is 1.88. The van der Waals surface area contributed by atoms with Crippen molar-refractivity contribution in [1.29, 1.82) is 0 Å². The zero-order valence-electron chi connectivity index (χ0n) is 14.8. The lowest BCUT2D eigenvalue weighted by atomic mass is 10.1. The number of ether oxygens (including phenoxy) is 1. The maximum atomic E-state index is 12.6. The van der Waals surface area contributed by atoms with E-state index in [0.717, 1.165) is 32.4 Å². The maximum Gasteiger partial charge on any atom is 0.268 e. The highest BCUT2D eigenvalue weighted by Gasteiger charge is 2.34. The number of ketones is 1. The Morgan fingerprint density at radius 1 is 1.20 bits per heavy atom. The number of fused-ring (bicyclic) bond motifs is 1. The number of amides is 2. The second-order valence-electron chi connectivity index (χ2n) is 6.59. The van der Waals surface area contributed by atoms with Crippen LogP contribution in [-0.4, -0.2) is 48.2 Å². The number of hydrogen-bond donors (Lipinski definition) is 0. The molecule has 0 N–H and O–H groups in total. The highest BCUT2D eigenvalue weighted by atomic mass is 16.5. The van der Waals surface area contributed by atoms with Crippen molar-refractivity contribution in [3.8, 4) is 5.75 Å². The number of anilines is 1. The molecule has 0 aliphatic carbocycles. The van der Waals surface area contributed by atoms with Crippen LogP contribution in [0.5, 0.6) is 5.75 Å². The van der Waals surface area contributed by atoms with E-state index in [9.17, 15) is 14.4 Å². The third-order valence-electron chi connectivity index (χ3n) is 4.81. The summed E-state index contributed by atoms with van der Waals surface area (Å²) >= 11 is 0. The van der Waals surface area contributed by atoms with Crippen LogP contribution in [0.15, 0.2) is 18.2 Å². The van der Waals surface area contributed by atoms with Gasteiger partial charge in [0, 0.05) is 25.1 Å². The second kappa shape index (κ2) is 7.25. The minimum atomic E-state index is -0.644. The molecule has 0 bridgehead atoms. The van der Waals surface area contributed by atoms with Crippen LogP contribution in [0.2, 0.25) is 0 Å². The van der Waals surface area contributed by atoms with Gasteiger partial charge in [-0.05, 0) is 44.4 Å². The van der Waals surface area contributed by atoms with Crippen molar-refractivity contribution in [2.75, 3.05) is 24.5 Å². The van der Waals surface area contributed by atoms with E-state index < -0.39 is 6.10 Å². The Hall–Kier alpha value is -2.37. The van der Waals surface area contributed by atoms with E-state index in [1.807, 2.05) is 4.90 Å². The van der Waals surface area contributed by atoms with Crippen molar-refractivity contribution in [2.24, 2.45) is 0 Å². The second-order valence-corrected chi connectivity index (χ2v) is 6.59. The molecule has 1 atom stereocenters. The van der Waals surface area contributed by atoms with E-state index in [-0.39, 0.29) is 24.1 Å². The molecular formula is C19H24N2O4. The minimum Gasteiger partial charge on any atom is -0.479 e. The summed E-state index contributed by atoms with van der Waals surface area (Å²) in [6.45, 7) is 4.95. The van der Waals surface area contributed by atoms with Gasteiger partial charge in [0.2, 0.25) is 5.91 Å². The number of carbonyl (C=O) groups excluding carboxylic acids is 3. The quantitative estimate of drug-likeness (QED) is 0.787. The lowest BCUT2D eigenvalue weighted by Gasteiger charge is -2.35. The molecule has 3 rings (SSSR count). The van der Waals surface area contributed by atoms with E-state index in [4.69, 9.17) is 4.74 Å². The SMILES string of the molecule is CCC(=O)c1ccc2c(c1)N(CC(=O)N1CCCCC1)C(=O)C(C)O2. The molecular weight excluding hydrogens is 320 g/mol. The van der Waals surface area contributed by atoms with Crippen LogP contribution < -0.4 is 9.64 Å². The molecule has 6 nitrogen and oxygen atoms in total. The molecule has 0 radical (unpaired) electrons. The van der Waals surface area contributed by atoms with Crippen LogP contribution >= 0.6 is 0 Å². The third-order valence-corrected chi connectivity index (χ3v) is 4.81. The maximum absolute atomic E-state index is 12.6. The highest BCUT2D eigenvalue weighted by Crippen LogP contribution is 2.35. The van der Waals surface area contributed by atoms with Crippen molar-refractivity contribution < 1.29 is 19.1 Å². The van der Waals surface area contributed by atoms with Crippen molar-refractivity contribution in [3.63, 3.8) is 0 Å².